The van der Waals surface area contributed by atoms with Crippen molar-refractivity contribution in [2.75, 3.05) is 12.8 Å². The van der Waals surface area contributed by atoms with Crippen LogP contribution in [0.25, 0.3) is 16.9 Å². The van der Waals surface area contributed by atoms with E-state index in [9.17, 15) is 17.2 Å². The van der Waals surface area contributed by atoms with Crippen molar-refractivity contribution in [1.82, 2.24) is 9.38 Å². The summed E-state index contributed by atoms with van der Waals surface area (Å²) >= 11 is 0. The van der Waals surface area contributed by atoms with E-state index in [-0.39, 0.29) is 27.6 Å². The van der Waals surface area contributed by atoms with Crippen LogP contribution in [0, 0.1) is 11.6 Å². The maximum absolute atomic E-state index is 14.4. The van der Waals surface area contributed by atoms with Crippen molar-refractivity contribution >= 4 is 21.2 Å². The molecule has 0 aliphatic rings. The van der Waals surface area contributed by atoms with Gasteiger partial charge in [0.1, 0.15) is 27.9 Å². The van der Waals surface area contributed by atoms with Crippen LogP contribution >= 0.6 is 0 Å². The first-order valence-corrected chi connectivity index (χ1v) is 9.50. The van der Waals surface area contributed by atoms with Crippen LogP contribution in [0.5, 0.6) is 5.75 Å². The molecule has 27 heavy (non-hydrogen) atoms. The lowest BCUT2D eigenvalue weighted by molar-refractivity contribution is 0.401. The number of nitrogens with two attached hydrogens (primary N) is 1. The van der Waals surface area contributed by atoms with Gasteiger partial charge in [-0.25, -0.2) is 22.2 Å². The molecule has 0 bridgehead atoms. The Morgan fingerprint density at radius 1 is 1.15 bits per heavy atom. The van der Waals surface area contributed by atoms with Gasteiger partial charge >= 0.3 is 0 Å². The van der Waals surface area contributed by atoms with Gasteiger partial charge < -0.3 is 10.5 Å². The molecule has 2 aromatic heterocycles. The Balaban J connectivity index is 2.34. The van der Waals surface area contributed by atoms with E-state index in [4.69, 9.17) is 10.5 Å². The second-order valence-corrected chi connectivity index (χ2v) is 9.72. The Morgan fingerprint density at radius 2 is 1.81 bits per heavy atom. The fourth-order valence-corrected chi connectivity index (χ4v) is 3.95. The van der Waals surface area contributed by atoms with Crippen molar-refractivity contribution < 1.29 is 21.9 Å². The molecule has 9 heteroatoms. The van der Waals surface area contributed by atoms with Gasteiger partial charge in [-0.05, 0) is 26.8 Å². The van der Waals surface area contributed by atoms with E-state index in [1.165, 1.54) is 30.0 Å². The van der Waals surface area contributed by atoms with Gasteiger partial charge in [0, 0.05) is 23.9 Å². The van der Waals surface area contributed by atoms with E-state index in [1.807, 2.05) is 0 Å². The van der Waals surface area contributed by atoms with E-state index in [0.717, 1.165) is 12.1 Å². The number of rotatable bonds is 3. The minimum Gasteiger partial charge on any atom is -0.495 e. The van der Waals surface area contributed by atoms with Crippen LogP contribution in [0.15, 0.2) is 35.5 Å². The number of anilines is 1. The quantitative estimate of drug-likeness (QED) is 0.687. The normalized spacial score (nSPS) is 12.5. The summed E-state index contributed by atoms with van der Waals surface area (Å²) in [6, 6.07) is 3.27. The largest absolute Gasteiger partial charge is 0.495 e. The Morgan fingerprint density at radius 3 is 2.41 bits per heavy atom. The van der Waals surface area contributed by atoms with Gasteiger partial charge in [0.2, 0.25) is 0 Å². The SMILES string of the molecule is COc1cc2ncc(-c3cc(F)c(N)cc3F)n2cc1S(=O)(=O)C(C)(C)C. The van der Waals surface area contributed by atoms with Crippen LogP contribution in [-0.2, 0) is 9.84 Å². The Bertz CT molecular complexity index is 1150. The van der Waals surface area contributed by atoms with Crippen molar-refractivity contribution in [3.05, 3.63) is 42.2 Å². The Labute approximate surface area is 155 Å². The van der Waals surface area contributed by atoms with Gasteiger partial charge in [-0.1, -0.05) is 0 Å². The molecule has 0 amide bonds. The molecular weight excluding hydrogens is 376 g/mol. The molecule has 0 aliphatic heterocycles. The van der Waals surface area contributed by atoms with Crippen LogP contribution in [-0.4, -0.2) is 29.7 Å². The molecule has 3 aromatic rings. The predicted molar refractivity (Wildman–Crippen MR) is 98.4 cm³/mol. The van der Waals surface area contributed by atoms with Crippen molar-refractivity contribution in [3.63, 3.8) is 0 Å². The van der Waals surface area contributed by atoms with Gasteiger partial charge in [-0.2, -0.15) is 0 Å². The second kappa shape index (κ2) is 6.19. The zero-order valence-electron chi connectivity index (χ0n) is 15.2. The highest BCUT2D eigenvalue weighted by Crippen LogP contribution is 2.35. The first kappa shape index (κ1) is 19.1. The molecule has 6 nitrogen and oxygen atoms in total. The maximum atomic E-state index is 14.4. The lowest BCUT2D eigenvalue weighted by Gasteiger charge is -2.21. The number of hydrogen-bond donors (Lipinski definition) is 1. The van der Waals surface area contributed by atoms with Crippen LogP contribution in [0.4, 0.5) is 14.5 Å². The van der Waals surface area contributed by atoms with Gasteiger partial charge in [-0.3, -0.25) is 4.40 Å². The monoisotopic (exact) mass is 395 g/mol. The molecule has 0 atom stereocenters. The number of nitrogen functional groups attached to an aromatic ring is 1. The van der Waals surface area contributed by atoms with Gasteiger partial charge in [0.15, 0.2) is 9.84 Å². The minimum absolute atomic E-state index is 0.0689. The van der Waals surface area contributed by atoms with E-state index < -0.39 is 26.2 Å². The first-order valence-electron chi connectivity index (χ1n) is 8.02. The number of halogens is 2. The van der Waals surface area contributed by atoms with Crippen LogP contribution in [0.1, 0.15) is 20.8 Å². The first-order chi connectivity index (χ1) is 12.5. The summed E-state index contributed by atoms with van der Waals surface area (Å²) in [4.78, 5) is 4.08. The number of aromatic nitrogens is 2. The number of fused-ring (bicyclic) bond motifs is 1. The molecule has 0 saturated carbocycles. The van der Waals surface area contributed by atoms with Gasteiger partial charge in [0.25, 0.3) is 0 Å². The molecule has 2 heterocycles. The summed E-state index contributed by atoms with van der Waals surface area (Å²) in [6.45, 7) is 4.70. The summed E-state index contributed by atoms with van der Waals surface area (Å²) in [5.41, 5.74) is 5.50. The summed E-state index contributed by atoms with van der Waals surface area (Å²) in [5, 5.41) is 0. The number of nitrogens with zero attached hydrogens (tertiary/aromatic N) is 2. The fraction of sp³-hybridized carbons (Fsp3) is 0.278. The zero-order valence-corrected chi connectivity index (χ0v) is 16.1. The molecule has 2 N–H and O–H groups in total. The number of ether oxygens (including phenoxy) is 1. The molecule has 0 spiro atoms. The van der Waals surface area contributed by atoms with Gasteiger partial charge in [0.05, 0.1) is 29.4 Å². The van der Waals surface area contributed by atoms with Crippen LogP contribution < -0.4 is 10.5 Å². The molecule has 1 aromatic carbocycles. The van der Waals surface area contributed by atoms with Crippen molar-refractivity contribution in [2.24, 2.45) is 0 Å². The second-order valence-electron chi connectivity index (χ2n) is 7.05. The molecule has 0 aliphatic carbocycles. The summed E-state index contributed by atoms with van der Waals surface area (Å²) < 4.78 is 59.6. The van der Waals surface area contributed by atoms with E-state index in [0.29, 0.717) is 5.65 Å². The molecular formula is C18H19F2N3O3S. The third kappa shape index (κ3) is 3.01. The lowest BCUT2D eigenvalue weighted by Crippen LogP contribution is -2.28. The van der Waals surface area contributed by atoms with Crippen molar-refractivity contribution in [1.29, 1.82) is 0 Å². The molecule has 0 fully saturated rings. The average Bonchev–Trinajstić information content (AvgIpc) is 2.98. The highest BCUT2D eigenvalue weighted by molar-refractivity contribution is 7.92. The number of imidazole rings is 1. The third-order valence-electron chi connectivity index (χ3n) is 4.25. The van der Waals surface area contributed by atoms with Crippen molar-refractivity contribution in [3.8, 4) is 17.0 Å². The number of hydrogen-bond acceptors (Lipinski definition) is 5. The molecule has 144 valence electrons. The third-order valence-corrected chi connectivity index (χ3v) is 6.75. The predicted octanol–water partition coefficient (Wildman–Crippen LogP) is 3.44. The zero-order chi connectivity index (χ0) is 20.1. The number of methoxy groups -OCH3 is 1. The number of sulfone groups is 1. The Kier molecular flexibility index (Phi) is 4.38. The van der Waals surface area contributed by atoms with Crippen LogP contribution in [0.2, 0.25) is 0 Å². The van der Waals surface area contributed by atoms with Crippen molar-refractivity contribution in [2.45, 2.75) is 30.4 Å². The van der Waals surface area contributed by atoms with E-state index in [2.05, 4.69) is 4.98 Å². The minimum atomic E-state index is -3.77. The van der Waals surface area contributed by atoms with Crippen LogP contribution in [0.3, 0.4) is 0 Å². The fourth-order valence-electron chi connectivity index (χ4n) is 2.64. The molecule has 0 saturated heterocycles. The number of pyridine rings is 1. The van der Waals surface area contributed by atoms with E-state index >= 15 is 0 Å². The standard InChI is InChI=1S/C18H19F2N3O3S/c1-18(2,3)27(24,25)16-9-23-14(8-22-17(23)7-15(16)26-4)10-5-12(20)13(21)6-11(10)19/h5-9H,21H2,1-4H3. The number of benzene rings is 1. The van der Waals surface area contributed by atoms with Gasteiger partial charge in [-0.15, -0.1) is 0 Å². The highest BCUT2D eigenvalue weighted by Gasteiger charge is 2.34. The maximum Gasteiger partial charge on any atom is 0.188 e. The topological polar surface area (TPSA) is 86.7 Å². The van der Waals surface area contributed by atoms with E-state index in [1.54, 1.807) is 20.8 Å². The Hall–Kier alpha value is -2.68. The molecule has 3 rings (SSSR count). The lowest BCUT2D eigenvalue weighted by atomic mass is 10.1. The summed E-state index contributed by atoms with van der Waals surface area (Å²) in [6.07, 6.45) is 2.64. The summed E-state index contributed by atoms with van der Waals surface area (Å²) in [7, 11) is -2.42. The molecule has 0 unspecified atom stereocenters. The highest BCUT2D eigenvalue weighted by atomic mass is 32.2. The summed E-state index contributed by atoms with van der Waals surface area (Å²) in [5.74, 6) is -1.40. The smallest absolute Gasteiger partial charge is 0.188 e. The average molecular weight is 395 g/mol. The molecule has 0 radical (unpaired) electrons.